The minimum atomic E-state index is 0.621. The first kappa shape index (κ1) is 16.1. The summed E-state index contributed by atoms with van der Waals surface area (Å²) in [7, 11) is 1.69. The third-order valence-corrected chi connectivity index (χ3v) is 3.82. The molecule has 4 heteroatoms. The SMILES string of the molecule is COCCNc1nnc(-c2ccc(C)cc2)cc1-c1ccccc1. The van der Waals surface area contributed by atoms with Crippen LogP contribution in [0.4, 0.5) is 5.82 Å². The van der Waals surface area contributed by atoms with Gasteiger partial charge in [-0.05, 0) is 18.6 Å². The summed E-state index contributed by atoms with van der Waals surface area (Å²) in [5.74, 6) is 0.772. The van der Waals surface area contributed by atoms with Crippen molar-refractivity contribution in [2.45, 2.75) is 6.92 Å². The number of hydrogen-bond donors (Lipinski definition) is 1. The Morgan fingerprint density at radius 2 is 1.67 bits per heavy atom. The van der Waals surface area contributed by atoms with Crippen molar-refractivity contribution in [3.63, 3.8) is 0 Å². The maximum atomic E-state index is 5.10. The van der Waals surface area contributed by atoms with Gasteiger partial charge in [0.1, 0.15) is 0 Å². The molecule has 1 aromatic heterocycles. The van der Waals surface area contributed by atoms with E-state index in [1.165, 1.54) is 5.56 Å². The molecular formula is C20H21N3O. The van der Waals surface area contributed by atoms with Gasteiger partial charge >= 0.3 is 0 Å². The van der Waals surface area contributed by atoms with Gasteiger partial charge in [0.25, 0.3) is 0 Å². The van der Waals surface area contributed by atoms with E-state index in [2.05, 4.69) is 64.9 Å². The van der Waals surface area contributed by atoms with Crippen molar-refractivity contribution in [1.29, 1.82) is 0 Å². The van der Waals surface area contributed by atoms with Crippen LogP contribution in [0.1, 0.15) is 5.56 Å². The summed E-state index contributed by atoms with van der Waals surface area (Å²) in [6, 6.07) is 20.6. The fraction of sp³-hybridized carbons (Fsp3) is 0.200. The molecule has 0 atom stereocenters. The Hall–Kier alpha value is -2.72. The molecule has 3 aromatic rings. The second-order valence-electron chi connectivity index (χ2n) is 5.64. The third kappa shape index (κ3) is 3.78. The minimum Gasteiger partial charge on any atom is -0.383 e. The molecular weight excluding hydrogens is 298 g/mol. The molecule has 122 valence electrons. The first-order valence-corrected chi connectivity index (χ1v) is 8.01. The van der Waals surface area contributed by atoms with Gasteiger partial charge < -0.3 is 10.1 Å². The largest absolute Gasteiger partial charge is 0.383 e. The monoisotopic (exact) mass is 319 g/mol. The Balaban J connectivity index is 2.00. The lowest BCUT2D eigenvalue weighted by Gasteiger charge is -2.12. The first-order valence-electron chi connectivity index (χ1n) is 8.01. The van der Waals surface area contributed by atoms with E-state index in [0.29, 0.717) is 13.2 Å². The van der Waals surface area contributed by atoms with Crippen LogP contribution in [0.25, 0.3) is 22.4 Å². The number of ether oxygens (including phenoxy) is 1. The van der Waals surface area contributed by atoms with E-state index in [1.807, 2.05) is 18.2 Å². The van der Waals surface area contributed by atoms with Gasteiger partial charge in [0.2, 0.25) is 0 Å². The molecule has 3 rings (SSSR count). The van der Waals surface area contributed by atoms with Gasteiger partial charge in [-0.2, -0.15) is 0 Å². The molecule has 1 N–H and O–H groups in total. The standard InChI is InChI=1S/C20H21N3O/c1-15-8-10-17(11-9-15)19-14-18(16-6-4-3-5-7-16)20(23-22-19)21-12-13-24-2/h3-11,14H,12-13H2,1-2H3,(H,21,23). The predicted molar refractivity (Wildman–Crippen MR) is 98.0 cm³/mol. The minimum absolute atomic E-state index is 0.621. The van der Waals surface area contributed by atoms with Crippen LogP contribution in [0.15, 0.2) is 60.7 Å². The number of benzene rings is 2. The summed E-state index contributed by atoms with van der Waals surface area (Å²) in [4.78, 5) is 0. The maximum absolute atomic E-state index is 5.10. The van der Waals surface area contributed by atoms with E-state index in [1.54, 1.807) is 7.11 Å². The molecule has 4 nitrogen and oxygen atoms in total. The second-order valence-corrected chi connectivity index (χ2v) is 5.64. The highest BCUT2D eigenvalue weighted by molar-refractivity contribution is 5.78. The molecule has 0 saturated carbocycles. The molecule has 0 unspecified atom stereocenters. The molecule has 0 spiro atoms. The summed E-state index contributed by atoms with van der Waals surface area (Å²) >= 11 is 0. The van der Waals surface area contributed by atoms with E-state index < -0.39 is 0 Å². The number of aromatic nitrogens is 2. The van der Waals surface area contributed by atoms with Crippen molar-refractivity contribution in [3.05, 3.63) is 66.2 Å². The summed E-state index contributed by atoms with van der Waals surface area (Å²) in [6.07, 6.45) is 0. The smallest absolute Gasteiger partial charge is 0.156 e. The zero-order chi connectivity index (χ0) is 16.8. The topological polar surface area (TPSA) is 47.0 Å². The lowest BCUT2D eigenvalue weighted by atomic mass is 10.0. The van der Waals surface area contributed by atoms with Crippen LogP contribution in [0.2, 0.25) is 0 Å². The van der Waals surface area contributed by atoms with Crippen LogP contribution >= 0.6 is 0 Å². The second kappa shape index (κ2) is 7.70. The van der Waals surface area contributed by atoms with Gasteiger partial charge in [0.05, 0.1) is 12.3 Å². The van der Waals surface area contributed by atoms with Gasteiger partial charge in [-0.25, -0.2) is 0 Å². The van der Waals surface area contributed by atoms with Gasteiger partial charge in [0, 0.05) is 24.8 Å². The summed E-state index contributed by atoms with van der Waals surface area (Å²) < 4.78 is 5.10. The fourth-order valence-corrected chi connectivity index (χ4v) is 2.50. The number of methoxy groups -OCH3 is 1. The van der Waals surface area contributed by atoms with Gasteiger partial charge in [0.15, 0.2) is 5.82 Å². The Morgan fingerprint density at radius 3 is 2.38 bits per heavy atom. The molecule has 0 aliphatic carbocycles. The van der Waals surface area contributed by atoms with Gasteiger partial charge in [-0.15, -0.1) is 10.2 Å². The van der Waals surface area contributed by atoms with Crippen LogP contribution in [-0.2, 0) is 4.74 Å². The summed E-state index contributed by atoms with van der Waals surface area (Å²) in [5.41, 5.74) is 5.31. The first-order chi connectivity index (χ1) is 11.8. The Kier molecular flexibility index (Phi) is 5.18. The molecule has 0 radical (unpaired) electrons. The van der Waals surface area contributed by atoms with E-state index >= 15 is 0 Å². The van der Waals surface area contributed by atoms with Gasteiger partial charge in [-0.3, -0.25) is 0 Å². The van der Waals surface area contributed by atoms with Crippen LogP contribution < -0.4 is 5.32 Å². The number of anilines is 1. The van der Waals surface area contributed by atoms with Crippen molar-refractivity contribution in [1.82, 2.24) is 10.2 Å². The molecule has 0 aliphatic heterocycles. The molecule has 0 fully saturated rings. The van der Waals surface area contributed by atoms with E-state index in [9.17, 15) is 0 Å². The average molecular weight is 319 g/mol. The summed E-state index contributed by atoms with van der Waals surface area (Å²) in [5, 5.41) is 12.1. The normalized spacial score (nSPS) is 10.6. The summed E-state index contributed by atoms with van der Waals surface area (Å²) in [6.45, 7) is 3.39. The highest BCUT2D eigenvalue weighted by atomic mass is 16.5. The lowest BCUT2D eigenvalue weighted by Crippen LogP contribution is -2.10. The van der Waals surface area contributed by atoms with E-state index in [0.717, 1.165) is 28.2 Å². The molecule has 0 bridgehead atoms. The van der Waals surface area contributed by atoms with Crippen LogP contribution in [0, 0.1) is 6.92 Å². The Morgan fingerprint density at radius 1 is 0.917 bits per heavy atom. The predicted octanol–water partition coefficient (Wildman–Crippen LogP) is 4.18. The van der Waals surface area contributed by atoms with Crippen molar-refractivity contribution >= 4 is 5.82 Å². The van der Waals surface area contributed by atoms with Crippen LogP contribution in [-0.4, -0.2) is 30.5 Å². The molecule has 0 amide bonds. The highest BCUT2D eigenvalue weighted by Crippen LogP contribution is 2.29. The third-order valence-electron chi connectivity index (χ3n) is 3.82. The van der Waals surface area contributed by atoms with E-state index in [4.69, 9.17) is 4.74 Å². The van der Waals surface area contributed by atoms with E-state index in [-0.39, 0.29) is 0 Å². The van der Waals surface area contributed by atoms with Crippen molar-refractivity contribution < 1.29 is 4.74 Å². The molecule has 0 aliphatic rings. The van der Waals surface area contributed by atoms with Crippen molar-refractivity contribution in [2.24, 2.45) is 0 Å². The van der Waals surface area contributed by atoms with Crippen LogP contribution in [0.5, 0.6) is 0 Å². The number of nitrogens with zero attached hydrogens (tertiary/aromatic N) is 2. The molecule has 2 aromatic carbocycles. The maximum Gasteiger partial charge on any atom is 0.156 e. The van der Waals surface area contributed by atoms with Gasteiger partial charge in [-0.1, -0.05) is 60.2 Å². The quantitative estimate of drug-likeness (QED) is 0.693. The number of hydrogen-bond acceptors (Lipinski definition) is 4. The molecule has 24 heavy (non-hydrogen) atoms. The Bertz CT molecular complexity index is 786. The Labute approximate surface area is 142 Å². The number of rotatable bonds is 6. The lowest BCUT2D eigenvalue weighted by molar-refractivity contribution is 0.210. The van der Waals surface area contributed by atoms with Crippen molar-refractivity contribution in [2.75, 3.05) is 25.6 Å². The zero-order valence-corrected chi connectivity index (χ0v) is 14.0. The number of nitrogens with one attached hydrogen (secondary N) is 1. The van der Waals surface area contributed by atoms with Crippen molar-refractivity contribution in [3.8, 4) is 22.4 Å². The van der Waals surface area contributed by atoms with Crippen LogP contribution in [0.3, 0.4) is 0 Å². The average Bonchev–Trinajstić information content (AvgIpc) is 2.63. The molecule has 1 heterocycles. The highest BCUT2D eigenvalue weighted by Gasteiger charge is 2.10. The zero-order valence-electron chi connectivity index (χ0n) is 14.0. The number of aryl methyl sites for hydroxylation is 1. The fourth-order valence-electron chi connectivity index (χ4n) is 2.50. The molecule has 0 saturated heterocycles.